The van der Waals surface area contributed by atoms with Crippen molar-refractivity contribution in [1.82, 2.24) is 14.8 Å². The fraction of sp³-hybridized carbons (Fsp3) is 0.520. The fourth-order valence-corrected chi connectivity index (χ4v) is 4.90. The summed E-state index contributed by atoms with van der Waals surface area (Å²) < 4.78 is 7.21. The average Bonchev–Trinajstić information content (AvgIpc) is 3.19. The zero-order valence-electron chi connectivity index (χ0n) is 19.6. The predicted molar refractivity (Wildman–Crippen MR) is 131 cm³/mol. The predicted octanol–water partition coefficient (Wildman–Crippen LogP) is 4.09. The number of nitrogens with one attached hydrogen (secondary N) is 1. The van der Waals surface area contributed by atoms with E-state index in [4.69, 9.17) is 4.74 Å². The first kappa shape index (κ1) is 24.3. The zero-order chi connectivity index (χ0) is 23.1. The SMILES string of the molecule is COc1cc(=O)n2c(c1C(=O)NCc1ccsc1)CCN(CC(C)CCC=C(C)C)CC2. The maximum Gasteiger partial charge on any atom is 0.257 e. The molecule has 1 aliphatic rings. The number of pyridine rings is 1. The molecular weight excluding hydrogens is 422 g/mol. The maximum absolute atomic E-state index is 13.1. The molecule has 0 spiro atoms. The van der Waals surface area contributed by atoms with Crippen LogP contribution in [0.4, 0.5) is 0 Å². The summed E-state index contributed by atoms with van der Waals surface area (Å²) in [7, 11) is 1.51. The van der Waals surface area contributed by atoms with E-state index in [-0.39, 0.29) is 11.5 Å². The second kappa shape index (κ2) is 11.5. The molecule has 32 heavy (non-hydrogen) atoms. The molecule has 1 unspecified atom stereocenters. The number of aromatic nitrogens is 1. The number of methoxy groups -OCH3 is 1. The first-order valence-electron chi connectivity index (χ1n) is 11.3. The zero-order valence-corrected chi connectivity index (χ0v) is 20.5. The molecular formula is C25H35N3O3S. The normalized spacial score (nSPS) is 14.9. The lowest BCUT2D eigenvalue weighted by molar-refractivity contribution is 0.0945. The van der Waals surface area contributed by atoms with Crippen LogP contribution in [0.25, 0.3) is 0 Å². The van der Waals surface area contributed by atoms with Gasteiger partial charge in [0.05, 0.1) is 7.11 Å². The highest BCUT2D eigenvalue weighted by molar-refractivity contribution is 7.07. The van der Waals surface area contributed by atoms with E-state index in [0.29, 0.717) is 36.7 Å². The first-order chi connectivity index (χ1) is 15.4. The van der Waals surface area contributed by atoms with Crippen LogP contribution in [-0.2, 0) is 19.5 Å². The molecule has 7 heteroatoms. The average molecular weight is 458 g/mol. The number of amides is 1. The molecule has 0 saturated carbocycles. The third kappa shape index (κ3) is 6.33. The molecule has 1 aliphatic heterocycles. The molecule has 2 aromatic rings. The number of hydrogen-bond acceptors (Lipinski definition) is 5. The summed E-state index contributed by atoms with van der Waals surface area (Å²) in [5, 5.41) is 7.00. The van der Waals surface area contributed by atoms with Gasteiger partial charge < -0.3 is 19.5 Å². The number of thiophene rings is 1. The van der Waals surface area contributed by atoms with E-state index in [0.717, 1.165) is 43.7 Å². The summed E-state index contributed by atoms with van der Waals surface area (Å²) >= 11 is 1.60. The van der Waals surface area contributed by atoms with Crippen molar-refractivity contribution in [3.05, 3.63) is 61.7 Å². The quantitative estimate of drug-likeness (QED) is 0.576. The molecule has 0 aromatic carbocycles. The van der Waals surface area contributed by atoms with Gasteiger partial charge in [-0.3, -0.25) is 9.59 Å². The summed E-state index contributed by atoms with van der Waals surface area (Å²) in [5.41, 5.74) is 3.58. The van der Waals surface area contributed by atoms with Gasteiger partial charge in [0.2, 0.25) is 0 Å². The number of rotatable bonds is 9. The lowest BCUT2D eigenvalue weighted by Crippen LogP contribution is -2.32. The lowest BCUT2D eigenvalue weighted by atomic mass is 10.0. The molecule has 0 saturated heterocycles. The van der Waals surface area contributed by atoms with Crippen molar-refractivity contribution in [3.63, 3.8) is 0 Å². The van der Waals surface area contributed by atoms with Gasteiger partial charge in [0.15, 0.2) is 0 Å². The standard InChI is InChI=1S/C25H35N3O3S/c1-18(2)6-5-7-19(3)16-27-10-8-21-24(25(30)26-15-20-9-13-32-17-20)22(31-4)14-23(29)28(21)12-11-27/h6,9,13-14,17,19H,5,7-8,10-12,15-16H2,1-4H3,(H,26,30). The van der Waals surface area contributed by atoms with Crippen molar-refractivity contribution in [2.45, 2.75) is 53.1 Å². The number of fused-ring (bicyclic) bond motifs is 1. The van der Waals surface area contributed by atoms with Crippen LogP contribution in [0.3, 0.4) is 0 Å². The van der Waals surface area contributed by atoms with Gasteiger partial charge in [0.1, 0.15) is 11.3 Å². The van der Waals surface area contributed by atoms with Gasteiger partial charge in [-0.1, -0.05) is 18.6 Å². The topological polar surface area (TPSA) is 63.6 Å². The van der Waals surface area contributed by atoms with E-state index in [1.54, 1.807) is 15.9 Å². The molecule has 3 heterocycles. The minimum atomic E-state index is -0.194. The molecule has 2 aromatic heterocycles. The Kier molecular flexibility index (Phi) is 8.70. The van der Waals surface area contributed by atoms with Crippen LogP contribution in [0.15, 0.2) is 39.3 Å². The summed E-state index contributed by atoms with van der Waals surface area (Å²) in [5.74, 6) is 0.736. The third-order valence-electron chi connectivity index (χ3n) is 5.95. The minimum absolute atomic E-state index is 0.107. The highest BCUT2D eigenvalue weighted by atomic mass is 32.1. The van der Waals surface area contributed by atoms with Gasteiger partial charge in [-0.15, -0.1) is 0 Å². The number of ether oxygens (including phenoxy) is 1. The second-order valence-corrected chi connectivity index (χ2v) is 9.63. The van der Waals surface area contributed by atoms with Crippen LogP contribution < -0.4 is 15.6 Å². The van der Waals surface area contributed by atoms with Crippen molar-refractivity contribution in [2.75, 3.05) is 26.7 Å². The smallest absolute Gasteiger partial charge is 0.257 e. The molecule has 1 N–H and O–H groups in total. The van der Waals surface area contributed by atoms with Crippen molar-refractivity contribution in [3.8, 4) is 5.75 Å². The van der Waals surface area contributed by atoms with Crippen molar-refractivity contribution >= 4 is 17.2 Å². The molecule has 0 fully saturated rings. The highest BCUT2D eigenvalue weighted by Crippen LogP contribution is 2.23. The monoisotopic (exact) mass is 457 g/mol. The van der Waals surface area contributed by atoms with Gasteiger partial charge in [-0.05, 0) is 55.0 Å². The van der Waals surface area contributed by atoms with E-state index in [1.165, 1.54) is 18.7 Å². The molecule has 0 aliphatic carbocycles. The Balaban J connectivity index is 1.74. The van der Waals surface area contributed by atoms with Crippen molar-refractivity contribution in [2.24, 2.45) is 5.92 Å². The minimum Gasteiger partial charge on any atom is -0.496 e. The Morgan fingerprint density at radius 2 is 2.12 bits per heavy atom. The van der Waals surface area contributed by atoms with Crippen molar-refractivity contribution in [1.29, 1.82) is 0 Å². The summed E-state index contributed by atoms with van der Waals surface area (Å²) in [6.45, 7) is 10.2. The Bertz CT molecular complexity index is 991. The summed E-state index contributed by atoms with van der Waals surface area (Å²) in [4.78, 5) is 28.3. The van der Waals surface area contributed by atoms with Gasteiger partial charge in [-0.25, -0.2) is 0 Å². The fourth-order valence-electron chi connectivity index (χ4n) is 4.23. The van der Waals surface area contributed by atoms with E-state index in [1.807, 2.05) is 16.8 Å². The van der Waals surface area contributed by atoms with Crippen LogP contribution in [0.1, 0.15) is 55.2 Å². The molecule has 0 radical (unpaired) electrons. The van der Waals surface area contributed by atoms with Crippen LogP contribution in [-0.4, -0.2) is 42.1 Å². The molecule has 1 amide bonds. The van der Waals surface area contributed by atoms with Gasteiger partial charge in [0.25, 0.3) is 11.5 Å². The third-order valence-corrected chi connectivity index (χ3v) is 6.68. The first-order valence-corrected chi connectivity index (χ1v) is 12.3. The van der Waals surface area contributed by atoms with Gasteiger partial charge >= 0.3 is 0 Å². The Hall–Kier alpha value is -2.38. The number of carbonyl (C=O) groups is 1. The summed E-state index contributed by atoms with van der Waals surface area (Å²) in [6, 6.07) is 3.44. The molecule has 6 nitrogen and oxygen atoms in total. The molecule has 3 rings (SSSR count). The van der Waals surface area contributed by atoms with E-state index >= 15 is 0 Å². The highest BCUT2D eigenvalue weighted by Gasteiger charge is 2.25. The molecule has 174 valence electrons. The van der Waals surface area contributed by atoms with Crippen molar-refractivity contribution < 1.29 is 9.53 Å². The van der Waals surface area contributed by atoms with Gasteiger partial charge in [-0.2, -0.15) is 11.3 Å². The number of allylic oxidation sites excluding steroid dienone is 2. The molecule has 1 atom stereocenters. The van der Waals surface area contributed by atoms with E-state index in [2.05, 4.69) is 37.1 Å². The largest absolute Gasteiger partial charge is 0.496 e. The second-order valence-electron chi connectivity index (χ2n) is 8.85. The lowest BCUT2D eigenvalue weighted by Gasteiger charge is -2.23. The molecule has 0 bridgehead atoms. The Labute approximate surface area is 194 Å². The summed E-state index contributed by atoms with van der Waals surface area (Å²) in [6.07, 6.45) is 5.19. The van der Waals surface area contributed by atoms with Crippen LogP contribution in [0.5, 0.6) is 5.75 Å². The van der Waals surface area contributed by atoms with E-state index < -0.39 is 0 Å². The number of nitrogens with zero attached hydrogens (tertiary/aromatic N) is 2. The van der Waals surface area contributed by atoms with Crippen LogP contribution >= 0.6 is 11.3 Å². The number of hydrogen-bond donors (Lipinski definition) is 1. The van der Waals surface area contributed by atoms with Crippen LogP contribution in [0.2, 0.25) is 0 Å². The Morgan fingerprint density at radius 1 is 1.31 bits per heavy atom. The van der Waals surface area contributed by atoms with Crippen LogP contribution in [0, 0.1) is 5.92 Å². The number of carbonyl (C=O) groups excluding carboxylic acids is 1. The van der Waals surface area contributed by atoms with Gasteiger partial charge in [0, 0.05) is 50.9 Å². The maximum atomic E-state index is 13.1. The van der Waals surface area contributed by atoms with E-state index in [9.17, 15) is 9.59 Å². The Morgan fingerprint density at radius 3 is 2.81 bits per heavy atom.